The van der Waals surface area contributed by atoms with Crippen molar-refractivity contribution in [1.29, 1.82) is 0 Å². The molecule has 0 aliphatic rings. The van der Waals surface area contributed by atoms with Crippen LogP contribution in [0.3, 0.4) is 0 Å². The van der Waals surface area contributed by atoms with Crippen molar-refractivity contribution in [2.24, 2.45) is 6.98 Å². The van der Waals surface area contributed by atoms with Gasteiger partial charge in [0.2, 0.25) is 0 Å². The number of hydrogen-bond acceptors (Lipinski definition) is 3. The molecule has 0 radical (unpaired) electrons. The molecule has 1 aromatic heterocycles. The molecule has 1 atom stereocenters. The minimum absolute atomic E-state index is 0.142. The molecule has 0 N–H and O–H groups in total. The largest absolute Gasteiger partial charge is 0.366 e. The topological polar surface area (TPSA) is 30.3 Å². The van der Waals surface area contributed by atoms with Gasteiger partial charge in [0.25, 0.3) is 0 Å². The van der Waals surface area contributed by atoms with E-state index in [0.717, 1.165) is 12.3 Å². The van der Waals surface area contributed by atoms with Gasteiger partial charge in [-0.3, -0.25) is 4.68 Å². The van der Waals surface area contributed by atoms with Crippen molar-refractivity contribution in [2.75, 3.05) is 27.1 Å². The van der Waals surface area contributed by atoms with Gasteiger partial charge in [-0.25, -0.2) is 0 Å². The van der Waals surface area contributed by atoms with Crippen molar-refractivity contribution in [3.05, 3.63) is 53.7 Å². The zero-order valence-electron chi connectivity index (χ0n) is 24.8. The number of aromatic nitrogens is 2. The molecule has 0 aliphatic heterocycles. The van der Waals surface area contributed by atoms with Crippen molar-refractivity contribution in [2.45, 2.75) is 6.08 Å². The number of ether oxygens (including phenoxy) is 1. The molecular formula is C15H21N3O. The Morgan fingerprint density at radius 3 is 3.05 bits per heavy atom. The van der Waals surface area contributed by atoms with E-state index in [4.69, 9.17) is 25.3 Å². The van der Waals surface area contributed by atoms with Gasteiger partial charge in [-0.2, -0.15) is 5.10 Å². The Bertz CT molecular complexity index is 998. The van der Waals surface area contributed by atoms with E-state index in [2.05, 4.69) is 5.10 Å². The second kappa shape index (κ2) is 6.50. The summed E-state index contributed by atoms with van der Waals surface area (Å²) in [5.74, 6) is 0. The maximum atomic E-state index is 8.94. The third kappa shape index (κ3) is 3.66. The molecule has 0 aliphatic carbocycles. The van der Waals surface area contributed by atoms with Gasteiger partial charge in [0.15, 0.2) is 0 Å². The SMILES string of the molecule is [2H]c1c([2H])c([2H])c(C([2H])(OCCN(C([2H])([2H])[2H])C([2H])([2H])[2H])c2ccnn2C([2H])([2H])[2H])c([2H])c1[2H]. The molecule has 1 unspecified atom stereocenters. The fourth-order valence-electron chi connectivity index (χ4n) is 1.35. The monoisotopic (exact) mass is 274 g/mol. The van der Waals surface area contributed by atoms with Crippen molar-refractivity contribution < 1.29 is 25.3 Å². The highest BCUT2D eigenvalue weighted by Crippen LogP contribution is 2.25. The molecule has 1 aromatic carbocycles. The van der Waals surface area contributed by atoms with Crippen molar-refractivity contribution >= 4 is 0 Å². The van der Waals surface area contributed by atoms with Gasteiger partial charge in [0.1, 0.15) is 6.08 Å². The van der Waals surface area contributed by atoms with E-state index in [1.807, 2.05) is 0 Å². The van der Waals surface area contributed by atoms with Crippen molar-refractivity contribution in [3.63, 3.8) is 0 Å². The van der Waals surface area contributed by atoms with Crippen molar-refractivity contribution in [1.82, 2.24) is 14.7 Å². The van der Waals surface area contributed by atoms with Crippen LogP contribution in [0.25, 0.3) is 0 Å². The molecule has 0 saturated heterocycles. The zero-order valence-corrected chi connectivity index (χ0v) is 9.82. The van der Waals surface area contributed by atoms with Crippen LogP contribution in [0.5, 0.6) is 0 Å². The first-order valence-corrected chi connectivity index (χ1v) is 5.28. The highest BCUT2D eigenvalue weighted by molar-refractivity contribution is 5.25. The van der Waals surface area contributed by atoms with E-state index in [0.29, 0.717) is 4.68 Å². The Hall–Kier alpha value is -1.65. The van der Waals surface area contributed by atoms with E-state index < -0.39 is 81.6 Å². The fraction of sp³-hybridized carbons (Fsp3) is 0.400. The first-order valence-electron chi connectivity index (χ1n) is 12.8. The maximum Gasteiger partial charge on any atom is 0.124 e. The first kappa shape index (κ1) is 4.17. The van der Waals surface area contributed by atoms with E-state index in [-0.39, 0.29) is 4.90 Å². The Kier molecular flexibility index (Phi) is 1.43. The van der Waals surface area contributed by atoms with Crippen LogP contribution >= 0.6 is 0 Å². The lowest BCUT2D eigenvalue weighted by Gasteiger charge is -2.20. The number of nitrogens with zero attached hydrogens (tertiary/aromatic N) is 3. The number of benzene rings is 1. The average molecular weight is 274 g/mol. The Labute approximate surface area is 135 Å². The molecule has 0 saturated carbocycles. The quantitative estimate of drug-likeness (QED) is 0.808. The molecule has 2 aromatic rings. The van der Waals surface area contributed by atoms with Gasteiger partial charge >= 0.3 is 0 Å². The number of rotatable bonds is 6. The fourth-order valence-corrected chi connectivity index (χ4v) is 1.35. The molecule has 0 bridgehead atoms. The lowest BCUT2D eigenvalue weighted by Crippen LogP contribution is -2.20. The van der Waals surface area contributed by atoms with Crippen LogP contribution in [0.2, 0.25) is 0 Å². The molecule has 0 amide bonds. The molecule has 102 valence electrons. The van der Waals surface area contributed by atoms with Gasteiger partial charge in [-0.15, -0.1) is 0 Å². The van der Waals surface area contributed by atoms with E-state index >= 15 is 0 Å². The van der Waals surface area contributed by atoms with Crippen LogP contribution in [-0.4, -0.2) is 41.8 Å². The molecule has 4 heteroatoms. The summed E-state index contributed by atoms with van der Waals surface area (Å²) in [4.78, 5) is 0.142. The third-order valence-corrected chi connectivity index (χ3v) is 2.16. The highest BCUT2D eigenvalue weighted by atomic mass is 16.5. The standard InChI is InChI=1S/C15H21N3O/c1-17(2)11-12-19-15(13-7-5-4-6-8-13)14-9-10-16-18(14)3/h4-10,15H,11-12H2,1-3H3/i1D3,2D3,3D3,4D,5D,6D,7D,8D,15D. The summed E-state index contributed by atoms with van der Waals surface area (Å²) < 4.78 is 122. The minimum Gasteiger partial charge on any atom is -0.366 e. The second-order valence-electron chi connectivity index (χ2n) is 3.46. The Morgan fingerprint density at radius 1 is 1.47 bits per heavy atom. The molecule has 0 fully saturated rings. The van der Waals surface area contributed by atoms with Crippen LogP contribution < -0.4 is 0 Å². The lowest BCUT2D eigenvalue weighted by molar-refractivity contribution is 0.0638. The second-order valence-corrected chi connectivity index (χ2v) is 3.46. The number of aryl methyl sites for hydroxylation is 1. The molecular weight excluding hydrogens is 238 g/mol. The summed E-state index contributed by atoms with van der Waals surface area (Å²) in [5, 5.41) is 3.63. The van der Waals surface area contributed by atoms with Crippen LogP contribution in [0.15, 0.2) is 42.5 Å². The summed E-state index contributed by atoms with van der Waals surface area (Å²) in [6, 6.07) is -3.08. The van der Waals surface area contributed by atoms with Crippen molar-refractivity contribution in [3.8, 4) is 0 Å². The van der Waals surface area contributed by atoms with E-state index in [1.54, 1.807) is 0 Å². The van der Waals surface area contributed by atoms with Crippen LogP contribution in [-0.2, 0) is 11.7 Å². The van der Waals surface area contributed by atoms with Crippen LogP contribution in [0.4, 0.5) is 0 Å². The predicted molar refractivity (Wildman–Crippen MR) is 76.0 cm³/mol. The average Bonchev–Trinajstić information content (AvgIpc) is 3.17. The zero-order chi connectivity index (χ0) is 26.4. The van der Waals surface area contributed by atoms with Gasteiger partial charge < -0.3 is 9.64 Å². The number of likely N-dealkylation sites (N-methyl/N-ethyl adjacent to an activating group) is 1. The van der Waals surface area contributed by atoms with Crippen LogP contribution in [0, 0.1) is 0 Å². The molecule has 0 spiro atoms. The predicted octanol–water partition coefficient (Wildman–Crippen LogP) is 2.09. The Morgan fingerprint density at radius 2 is 2.32 bits per heavy atom. The summed E-state index contributed by atoms with van der Waals surface area (Å²) in [6.07, 6.45) is -1.80. The molecule has 1 heterocycles. The van der Waals surface area contributed by atoms with Gasteiger partial charge in [0, 0.05) is 32.1 Å². The maximum absolute atomic E-state index is 8.94. The van der Waals surface area contributed by atoms with E-state index in [9.17, 15) is 0 Å². The third-order valence-electron chi connectivity index (χ3n) is 2.16. The summed E-state index contributed by atoms with van der Waals surface area (Å²) in [6.45, 7) is -10.7. The Balaban J connectivity index is 2.69. The van der Waals surface area contributed by atoms with Crippen LogP contribution in [0.1, 0.15) is 37.9 Å². The van der Waals surface area contributed by atoms with Gasteiger partial charge in [-0.1, -0.05) is 30.2 Å². The smallest absolute Gasteiger partial charge is 0.124 e. The summed E-state index contributed by atoms with van der Waals surface area (Å²) >= 11 is 0. The first-order chi connectivity index (χ1) is 15.2. The van der Waals surface area contributed by atoms with Gasteiger partial charge in [0.05, 0.1) is 20.5 Å². The molecule has 2 rings (SSSR count). The van der Waals surface area contributed by atoms with Gasteiger partial charge in [-0.05, 0) is 25.6 Å². The highest BCUT2D eigenvalue weighted by Gasteiger charge is 2.17. The lowest BCUT2D eigenvalue weighted by atomic mass is 10.1. The normalized spacial score (nSPS) is 27.9. The summed E-state index contributed by atoms with van der Waals surface area (Å²) in [7, 11) is 0. The number of hydrogen-bond donors (Lipinski definition) is 0. The van der Waals surface area contributed by atoms with E-state index in [1.165, 1.54) is 0 Å². The molecule has 4 nitrogen and oxygen atoms in total. The summed E-state index contributed by atoms with van der Waals surface area (Å²) in [5.41, 5.74) is -1.29. The minimum atomic E-state index is -3.07. The molecule has 19 heavy (non-hydrogen) atoms.